The summed E-state index contributed by atoms with van der Waals surface area (Å²) in [4.78, 5) is 26.6. The molecule has 1 saturated heterocycles. The molecule has 2 rings (SSSR count). The lowest BCUT2D eigenvalue weighted by molar-refractivity contribution is -0.156. The van der Waals surface area contributed by atoms with E-state index in [0.29, 0.717) is 18.2 Å². The lowest BCUT2D eigenvalue weighted by Gasteiger charge is -2.33. The van der Waals surface area contributed by atoms with Crippen LogP contribution in [0.4, 0.5) is 11.9 Å². The van der Waals surface area contributed by atoms with Crippen molar-refractivity contribution in [3.8, 4) is 0 Å². The molecule has 1 unspecified atom stereocenters. The van der Waals surface area contributed by atoms with Crippen molar-refractivity contribution in [2.75, 3.05) is 23.7 Å². The second kappa shape index (κ2) is 6.46. The molecule has 2 N–H and O–H groups in total. The second-order valence-corrected chi connectivity index (χ2v) is 6.79. The van der Waals surface area contributed by atoms with Crippen LogP contribution in [0.25, 0.3) is 0 Å². The van der Waals surface area contributed by atoms with E-state index in [4.69, 9.17) is 10.5 Å². The van der Waals surface area contributed by atoms with Gasteiger partial charge in [0.1, 0.15) is 11.4 Å². The van der Waals surface area contributed by atoms with Gasteiger partial charge in [0.05, 0.1) is 6.42 Å². The fraction of sp³-hybridized carbons (Fsp3) is 0.733. The zero-order chi connectivity index (χ0) is 16.3. The van der Waals surface area contributed by atoms with E-state index < -0.39 is 5.60 Å². The average Bonchev–Trinajstić information content (AvgIpc) is 2.35. The maximum atomic E-state index is 12.0. The first kappa shape index (κ1) is 16.5. The summed E-state index contributed by atoms with van der Waals surface area (Å²) in [5, 5.41) is 0. The highest BCUT2D eigenvalue weighted by molar-refractivity contribution is 5.70. The molecule has 0 bridgehead atoms. The second-order valence-electron chi connectivity index (χ2n) is 6.79. The lowest BCUT2D eigenvalue weighted by Crippen LogP contribution is -2.38. The van der Waals surface area contributed by atoms with Crippen LogP contribution in [0.3, 0.4) is 0 Å². The van der Waals surface area contributed by atoms with Crippen molar-refractivity contribution >= 4 is 17.9 Å². The monoisotopic (exact) mass is 307 g/mol. The summed E-state index contributed by atoms with van der Waals surface area (Å²) in [6, 6.07) is 0. The van der Waals surface area contributed by atoms with E-state index in [0.717, 1.165) is 25.9 Å². The first-order chi connectivity index (χ1) is 10.2. The van der Waals surface area contributed by atoms with Gasteiger partial charge in [-0.15, -0.1) is 0 Å². The highest BCUT2D eigenvalue weighted by Crippen LogP contribution is 2.24. The maximum Gasteiger partial charge on any atom is 0.306 e. The molecule has 1 aromatic heterocycles. The number of anilines is 2. The quantitative estimate of drug-likeness (QED) is 0.849. The molecular formula is C15H25N5O2. The van der Waals surface area contributed by atoms with Gasteiger partial charge in [0.2, 0.25) is 11.9 Å². The Kier molecular flexibility index (Phi) is 4.83. The van der Waals surface area contributed by atoms with Crippen LogP contribution in [0, 0.1) is 12.8 Å². The molecule has 2 heterocycles. The zero-order valence-electron chi connectivity index (χ0n) is 13.8. The van der Waals surface area contributed by atoms with Gasteiger partial charge in [0.25, 0.3) is 0 Å². The molecule has 22 heavy (non-hydrogen) atoms. The predicted octanol–water partition coefficient (Wildman–Crippen LogP) is 1.71. The fourth-order valence-corrected chi connectivity index (χ4v) is 2.66. The highest BCUT2D eigenvalue weighted by atomic mass is 16.6. The van der Waals surface area contributed by atoms with Crippen molar-refractivity contribution < 1.29 is 9.53 Å². The molecule has 1 atom stereocenters. The van der Waals surface area contributed by atoms with Gasteiger partial charge in [0.15, 0.2) is 0 Å². The van der Waals surface area contributed by atoms with Crippen LogP contribution in [-0.4, -0.2) is 39.6 Å². The van der Waals surface area contributed by atoms with Gasteiger partial charge in [-0.05, 0) is 46.5 Å². The van der Waals surface area contributed by atoms with Crippen LogP contribution in [0.1, 0.15) is 45.9 Å². The van der Waals surface area contributed by atoms with E-state index in [-0.39, 0.29) is 17.8 Å². The van der Waals surface area contributed by atoms with Gasteiger partial charge in [-0.2, -0.15) is 15.0 Å². The third-order valence-corrected chi connectivity index (χ3v) is 3.43. The summed E-state index contributed by atoms with van der Waals surface area (Å²) >= 11 is 0. The number of hydrogen-bond acceptors (Lipinski definition) is 7. The molecule has 0 amide bonds. The summed E-state index contributed by atoms with van der Waals surface area (Å²) in [6.45, 7) is 9.05. The number of rotatable bonds is 3. The minimum absolute atomic E-state index is 0.148. The van der Waals surface area contributed by atoms with E-state index in [1.807, 2.05) is 20.8 Å². The number of ether oxygens (including phenoxy) is 1. The Balaban J connectivity index is 1.98. The summed E-state index contributed by atoms with van der Waals surface area (Å²) in [5.41, 5.74) is 5.25. The Morgan fingerprint density at radius 2 is 2.09 bits per heavy atom. The standard InChI is InChI=1S/C15H25N5O2/c1-10-17-13(16)19-14(18-10)20-7-5-6-11(9-20)8-12(21)22-15(2,3)4/h11H,5-9H2,1-4H3,(H2,16,17,18,19). The van der Waals surface area contributed by atoms with E-state index in [2.05, 4.69) is 19.9 Å². The van der Waals surface area contributed by atoms with Crippen molar-refractivity contribution in [3.63, 3.8) is 0 Å². The number of hydrogen-bond donors (Lipinski definition) is 1. The van der Waals surface area contributed by atoms with Crippen LogP contribution in [0.5, 0.6) is 0 Å². The number of aromatic nitrogens is 3. The first-order valence-electron chi connectivity index (χ1n) is 7.68. The summed E-state index contributed by atoms with van der Waals surface area (Å²) in [6.07, 6.45) is 2.43. The molecule has 1 aliphatic rings. The van der Waals surface area contributed by atoms with Crippen molar-refractivity contribution in [1.82, 2.24) is 15.0 Å². The number of piperidine rings is 1. The Hall–Kier alpha value is -1.92. The molecule has 0 saturated carbocycles. The van der Waals surface area contributed by atoms with Crippen LogP contribution in [0.2, 0.25) is 0 Å². The van der Waals surface area contributed by atoms with Crippen molar-refractivity contribution in [1.29, 1.82) is 0 Å². The molecular weight excluding hydrogens is 282 g/mol. The van der Waals surface area contributed by atoms with E-state index in [1.165, 1.54) is 0 Å². The molecule has 0 spiro atoms. The van der Waals surface area contributed by atoms with Crippen LogP contribution in [0.15, 0.2) is 0 Å². The highest BCUT2D eigenvalue weighted by Gasteiger charge is 2.26. The van der Waals surface area contributed by atoms with Gasteiger partial charge in [-0.1, -0.05) is 0 Å². The summed E-state index contributed by atoms with van der Waals surface area (Å²) in [5.74, 6) is 1.54. The Morgan fingerprint density at radius 1 is 1.36 bits per heavy atom. The number of carbonyl (C=O) groups is 1. The van der Waals surface area contributed by atoms with Crippen molar-refractivity contribution in [2.45, 2.75) is 52.6 Å². The summed E-state index contributed by atoms with van der Waals surface area (Å²) < 4.78 is 5.40. The molecule has 7 heteroatoms. The fourth-order valence-electron chi connectivity index (χ4n) is 2.66. The zero-order valence-corrected chi connectivity index (χ0v) is 13.8. The lowest BCUT2D eigenvalue weighted by atomic mass is 9.95. The molecule has 0 aromatic carbocycles. The SMILES string of the molecule is Cc1nc(N)nc(N2CCCC(CC(=O)OC(C)(C)C)C2)n1. The smallest absolute Gasteiger partial charge is 0.306 e. The molecule has 0 aliphatic carbocycles. The molecule has 1 aromatic rings. The number of nitrogen functional groups attached to an aromatic ring is 1. The number of nitrogens with zero attached hydrogens (tertiary/aromatic N) is 4. The van der Waals surface area contributed by atoms with Crippen molar-refractivity contribution in [3.05, 3.63) is 5.82 Å². The maximum absolute atomic E-state index is 12.0. The molecule has 0 radical (unpaired) electrons. The predicted molar refractivity (Wildman–Crippen MR) is 84.4 cm³/mol. The minimum Gasteiger partial charge on any atom is -0.460 e. The van der Waals surface area contributed by atoms with E-state index in [9.17, 15) is 4.79 Å². The van der Waals surface area contributed by atoms with Crippen LogP contribution >= 0.6 is 0 Å². The van der Waals surface area contributed by atoms with Crippen LogP contribution < -0.4 is 10.6 Å². The topological polar surface area (TPSA) is 94.2 Å². The normalized spacial score (nSPS) is 19.1. The molecule has 1 fully saturated rings. The Labute approximate surface area is 131 Å². The van der Waals surface area contributed by atoms with Crippen molar-refractivity contribution in [2.24, 2.45) is 5.92 Å². The molecule has 7 nitrogen and oxygen atoms in total. The van der Waals surface area contributed by atoms with E-state index >= 15 is 0 Å². The number of carbonyl (C=O) groups excluding carboxylic acids is 1. The van der Waals surface area contributed by atoms with Crippen LogP contribution in [-0.2, 0) is 9.53 Å². The molecule has 1 aliphatic heterocycles. The summed E-state index contributed by atoms with van der Waals surface area (Å²) in [7, 11) is 0. The Morgan fingerprint density at radius 3 is 2.73 bits per heavy atom. The van der Waals surface area contributed by atoms with Gasteiger partial charge in [-0.3, -0.25) is 4.79 Å². The number of aryl methyl sites for hydroxylation is 1. The first-order valence-corrected chi connectivity index (χ1v) is 7.68. The van der Waals surface area contributed by atoms with Gasteiger partial charge >= 0.3 is 5.97 Å². The molecule has 122 valence electrons. The van der Waals surface area contributed by atoms with Gasteiger partial charge < -0.3 is 15.4 Å². The third-order valence-electron chi connectivity index (χ3n) is 3.43. The number of nitrogens with two attached hydrogens (primary N) is 1. The largest absolute Gasteiger partial charge is 0.460 e. The Bertz CT molecular complexity index is 521. The van der Waals surface area contributed by atoms with E-state index in [1.54, 1.807) is 6.92 Å². The third kappa shape index (κ3) is 4.82. The van der Waals surface area contributed by atoms with Gasteiger partial charge in [0, 0.05) is 13.1 Å². The van der Waals surface area contributed by atoms with Gasteiger partial charge in [-0.25, -0.2) is 0 Å². The minimum atomic E-state index is -0.439. The number of esters is 1. The average molecular weight is 307 g/mol.